The molecule has 0 amide bonds. The summed E-state index contributed by atoms with van der Waals surface area (Å²) >= 11 is 0. The van der Waals surface area contributed by atoms with Crippen molar-refractivity contribution in [1.82, 2.24) is 9.97 Å². The van der Waals surface area contributed by atoms with Crippen LogP contribution in [0.4, 0.5) is 0 Å². The Morgan fingerprint density at radius 3 is 1.10 bits per heavy atom. The van der Waals surface area contributed by atoms with E-state index in [0.717, 1.165) is 55.8 Å². The van der Waals surface area contributed by atoms with Gasteiger partial charge >= 0.3 is 0 Å². The SMILES string of the molecule is N#Cc1ccc(-c2ccc(-c3ccc(-c4ccc(-c5nc6ccccc6nc5-c5ccc(-c6ccccc6)cc5)cc4)c4ccccc34)cc2)cc1. The second-order valence-corrected chi connectivity index (χ2v) is 12.9. The van der Waals surface area contributed by atoms with E-state index in [1.165, 1.54) is 33.0 Å². The summed E-state index contributed by atoms with van der Waals surface area (Å²) in [6.07, 6.45) is 0. The molecule has 8 aromatic carbocycles. The molecule has 1 aromatic heterocycles. The van der Waals surface area contributed by atoms with E-state index in [1.807, 2.05) is 54.6 Å². The highest BCUT2D eigenvalue weighted by molar-refractivity contribution is 6.05. The summed E-state index contributed by atoms with van der Waals surface area (Å²) in [5.74, 6) is 0. The van der Waals surface area contributed by atoms with Gasteiger partial charge in [-0.3, -0.25) is 0 Å². The Hall–Kier alpha value is -7.15. The molecule has 52 heavy (non-hydrogen) atoms. The number of nitriles is 1. The molecule has 0 aliphatic heterocycles. The molecular formula is C49H31N3. The minimum Gasteiger partial charge on any atom is -0.244 e. The first-order valence-electron chi connectivity index (χ1n) is 17.4. The van der Waals surface area contributed by atoms with Crippen LogP contribution >= 0.6 is 0 Å². The van der Waals surface area contributed by atoms with Gasteiger partial charge in [-0.05, 0) is 79.5 Å². The molecule has 9 rings (SSSR count). The van der Waals surface area contributed by atoms with Crippen LogP contribution in [0, 0.1) is 11.3 Å². The summed E-state index contributed by atoms with van der Waals surface area (Å²) in [4.78, 5) is 10.3. The summed E-state index contributed by atoms with van der Waals surface area (Å²) in [6, 6.07) is 67.5. The zero-order chi connectivity index (χ0) is 34.9. The predicted octanol–water partition coefficient (Wildman–Crippen LogP) is 12.7. The van der Waals surface area contributed by atoms with Gasteiger partial charge in [0, 0.05) is 11.1 Å². The van der Waals surface area contributed by atoms with Crippen molar-refractivity contribution in [1.29, 1.82) is 5.26 Å². The third kappa shape index (κ3) is 5.79. The van der Waals surface area contributed by atoms with Crippen LogP contribution in [0.3, 0.4) is 0 Å². The van der Waals surface area contributed by atoms with Crippen LogP contribution in [-0.4, -0.2) is 9.97 Å². The van der Waals surface area contributed by atoms with Crippen LogP contribution < -0.4 is 0 Å². The van der Waals surface area contributed by atoms with Gasteiger partial charge < -0.3 is 0 Å². The van der Waals surface area contributed by atoms with Crippen molar-refractivity contribution < 1.29 is 0 Å². The van der Waals surface area contributed by atoms with Gasteiger partial charge in [0.1, 0.15) is 0 Å². The third-order valence-corrected chi connectivity index (χ3v) is 9.77. The summed E-state index contributed by atoms with van der Waals surface area (Å²) < 4.78 is 0. The van der Waals surface area contributed by atoms with Gasteiger partial charge in [0.05, 0.1) is 34.1 Å². The fourth-order valence-electron chi connectivity index (χ4n) is 7.04. The zero-order valence-electron chi connectivity index (χ0n) is 28.2. The highest BCUT2D eigenvalue weighted by Crippen LogP contribution is 2.38. The topological polar surface area (TPSA) is 49.6 Å². The molecular weight excluding hydrogens is 631 g/mol. The molecule has 0 aliphatic carbocycles. The Balaban J connectivity index is 1.07. The van der Waals surface area contributed by atoms with Crippen LogP contribution in [0.2, 0.25) is 0 Å². The molecule has 0 saturated heterocycles. The Bertz CT molecular complexity index is 2740. The van der Waals surface area contributed by atoms with Gasteiger partial charge in [0.2, 0.25) is 0 Å². The standard InChI is InChI=1S/C49H31N3/c50-32-33-14-16-35(17-15-33)37-18-22-38(23-19-37)42-30-31-43(45-11-5-4-10-44(42)45)39-24-28-41(29-25-39)49-48(51-46-12-6-7-13-47(46)52-49)40-26-20-36(21-27-40)34-8-2-1-3-9-34/h1-31H. The van der Waals surface area contributed by atoms with Crippen LogP contribution in [0.25, 0.3) is 88.8 Å². The maximum absolute atomic E-state index is 9.16. The van der Waals surface area contributed by atoms with E-state index < -0.39 is 0 Å². The van der Waals surface area contributed by atoms with Crippen molar-refractivity contribution in [2.24, 2.45) is 0 Å². The van der Waals surface area contributed by atoms with E-state index in [4.69, 9.17) is 15.2 Å². The Kier molecular flexibility index (Phi) is 7.89. The fraction of sp³-hybridized carbons (Fsp3) is 0. The number of hydrogen-bond donors (Lipinski definition) is 0. The number of nitrogens with zero attached hydrogens (tertiary/aromatic N) is 3. The summed E-state index contributed by atoms with van der Waals surface area (Å²) in [6.45, 7) is 0. The highest BCUT2D eigenvalue weighted by atomic mass is 14.8. The molecule has 9 aromatic rings. The predicted molar refractivity (Wildman–Crippen MR) is 214 cm³/mol. The van der Waals surface area contributed by atoms with E-state index in [1.54, 1.807) is 0 Å². The normalized spacial score (nSPS) is 11.1. The van der Waals surface area contributed by atoms with Gasteiger partial charge in [-0.25, -0.2) is 9.97 Å². The first kappa shape index (κ1) is 30.9. The van der Waals surface area contributed by atoms with Gasteiger partial charge in [0.15, 0.2) is 0 Å². The monoisotopic (exact) mass is 661 g/mol. The van der Waals surface area contributed by atoms with Crippen LogP contribution in [0.15, 0.2) is 188 Å². The van der Waals surface area contributed by atoms with E-state index in [0.29, 0.717) is 5.56 Å². The number of benzene rings is 8. The van der Waals surface area contributed by atoms with Crippen molar-refractivity contribution in [3.8, 4) is 73.1 Å². The van der Waals surface area contributed by atoms with Gasteiger partial charge in [-0.2, -0.15) is 5.26 Å². The van der Waals surface area contributed by atoms with E-state index in [2.05, 4.69) is 140 Å². The molecule has 0 saturated carbocycles. The number of hydrogen-bond acceptors (Lipinski definition) is 3. The van der Waals surface area contributed by atoms with Crippen molar-refractivity contribution >= 4 is 21.8 Å². The number of para-hydroxylation sites is 2. The van der Waals surface area contributed by atoms with Gasteiger partial charge in [-0.1, -0.05) is 164 Å². The average Bonchev–Trinajstić information content (AvgIpc) is 3.23. The fourth-order valence-corrected chi connectivity index (χ4v) is 7.04. The second kappa shape index (κ2) is 13.3. The van der Waals surface area contributed by atoms with E-state index in [-0.39, 0.29) is 0 Å². The molecule has 242 valence electrons. The molecule has 0 bridgehead atoms. The molecule has 3 heteroatoms. The lowest BCUT2D eigenvalue weighted by molar-refractivity contribution is 1.29. The molecule has 0 atom stereocenters. The lowest BCUT2D eigenvalue weighted by Gasteiger charge is -2.14. The quantitative estimate of drug-likeness (QED) is 0.178. The molecule has 0 N–H and O–H groups in total. The number of rotatable bonds is 6. The van der Waals surface area contributed by atoms with Crippen LogP contribution in [0.1, 0.15) is 5.56 Å². The molecule has 1 heterocycles. The lowest BCUT2D eigenvalue weighted by Crippen LogP contribution is -1.95. The van der Waals surface area contributed by atoms with Crippen LogP contribution in [0.5, 0.6) is 0 Å². The molecule has 0 fully saturated rings. The molecule has 0 spiro atoms. The largest absolute Gasteiger partial charge is 0.244 e. The Morgan fingerprint density at radius 1 is 0.308 bits per heavy atom. The van der Waals surface area contributed by atoms with Crippen molar-refractivity contribution in [2.45, 2.75) is 0 Å². The first-order valence-corrected chi connectivity index (χ1v) is 17.4. The minimum atomic E-state index is 0.665. The van der Waals surface area contributed by atoms with E-state index in [9.17, 15) is 0 Å². The van der Waals surface area contributed by atoms with Gasteiger partial charge in [-0.15, -0.1) is 0 Å². The number of aromatic nitrogens is 2. The Morgan fingerprint density at radius 2 is 0.654 bits per heavy atom. The zero-order valence-corrected chi connectivity index (χ0v) is 28.2. The molecule has 0 aliphatic rings. The lowest BCUT2D eigenvalue weighted by atomic mass is 9.91. The summed E-state index contributed by atoms with van der Waals surface area (Å²) in [5, 5.41) is 11.6. The molecule has 0 radical (unpaired) electrons. The van der Waals surface area contributed by atoms with Crippen molar-refractivity contribution in [3.05, 3.63) is 194 Å². The van der Waals surface area contributed by atoms with Gasteiger partial charge in [0.25, 0.3) is 0 Å². The number of fused-ring (bicyclic) bond motifs is 2. The highest BCUT2D eigenvalue weighted by Gasteiger charge is 2.15. The summed E-state index contributed by atoms with van der Waals surface area (Å²) in [5.41, 5.74) is 15.4. The third-order valence-electron chi connectivity index (χ3n) is 9.77. The minimum absolute atomic E-state index is 0.665. The summed E-state index contributed by atoms with van der Waals surface area (Å²) in [7, 11) is 0. The first-order chi connectivity index (χ1) is 25.7. The Labute approximate surface area is 302 Å². The smallest absolute Gasteiger partial charge is 0.0991 e. The van der Waals surface area contributed by atoms with Crippen molar-refractivity contribution in [2.75, 3.05) is 0 Å². The van der Waals surface area contributed by atoms with Crippen LogP contribution in [-0.2, 0) is 0 Å². The van der Waals surface area contributed by atoms with E-state index >= 15 is 0 Å². The van der Waals surface area contributed by atoms with Crippen molar-refractivity contribution in [3.63, 3.8) is 0 Å². The molecule has 3 nitrogen and oxygen atoms in total. The second-order valence-electron chi connectivity index (χ2n) is 12.9. The average molecular weight is 662 g/mol. The maximum Gasteiger partial charge on any atom is 0.0991 e. The maximum atomic E-state index is 9.16. The molecule has 0 unspecified atom stereocenters.